The number of carbonyl (C=O) groups excluding carboxylic acids is 1. The van der Waals surface area contributed by atoms with E-state index in [2.05, 4.69) is 24.5 Å². The van der Waals surface area contributed by atoms with E-state index < -0.39 is 0 Å². The van der Waals surface area contributed by atoms with Crippen LogP contribution in [-0.4, -0.2) is 25.0 Å². The van der Waals surface area contributed by atoms with Crippen LogP contribution >= 0.6 is 12.4 Å². The predicted molar refractivity (Wildman–Crippen MR) is 67.8 cm³/mol. The van der Waals surface area contributed by atoms with Crippen molar-refractivity contribution in [1.82, 2.24) is 10.6 Å². The van der Waals surface area contributed by atoms with Gasteiger partial charge >= 0.3 is 0 Å². The predicted octanol–water partition coefficient (Wildman–Crippen LogP) is 1.71. The minimum atomic E-state index is -0.164. The van der Waals surface area contributed by atoms with Gasteiger partial charge in [-0.05, 0) is 38.6 Å². The summed E-state index contributed by atoms with van der Waals surface area (Å²) in [5.74, 6) is 0.915. The number of hydrogen-bond acceptors (Lipinski definition) is 2. The quantitative estimate of drug-likeness (QED) is 0.779. The maximum Gasteiger partial charge on any atom is 0.227 e. The molecule has 3 nitrogen and oxygen atoms in total. The monoisotopic (exact) mass is 246 g/mol. The summed E-state index contributed by atoms with van der Waals surface area (Å²) in [5, 5.41) is 6.50. The Balaban J connectivity index is 0.00000128. The second-order valence-electron chi connectivity index (χ2n) is 5.48. The van der Waals surface area contributed by atoms with Crippen molar-refractivity contribution in [2.75, 3.05) is 13.1 Å². The second kappa shape index (κ2) is 5.37. The maximum atomic E-state index is 12.1. The van der Waals surface area contributed by atoms with Gasteiger partial charge in [0.05, 0.1) is 5.41 Å². The van der Waals surface area contributed by atoms with Gasteiger partial charge in [0, 0.05) is 12.6 Å². The number of hydrogen-bond donors (Lipinski definition) is 2. The molecule has 1 aliphatic carbocycles. The van der Waals surface area contributed by atoms with E-state index in [1.807, 2.05) is 0 Å². The fraction of sp³-hybridized carbons (Fsp3) is 0.917. The Bertz CT molecular complexity index is 251. The highest BCUT2D eigenvalue weighted by molar-refractivity contribution is 5.85. The van der Waals surface area contributed by atoms with Gasteiger partial charge in [0.25, 0.3) is 0 Å². The first-order chi connectivity index (χ1) is 7.12. The summed E-state index contributed by atoms with van der Waals surface area (Å²) in [5.41, 5.74) is -0.164. The molecule has 3 unspecified atom stereocenters. The number of halogens is 1. The topological polar surface area (TPSA) is 41.1 Å². The molecule has 2 N–H and O–H groups in total. The molecule has 0 aromatic carbocycles. The summed E-state index contributed by atoms with van der Waals surface area (Å²) in [6.45, 7) is 6.12. The Hall–Kier alpha value is -0.280. The van der Waals surface area contributed by atoms with Crippen LogP contribution in [0.4, 0.5) is 0 Å². The highest BCUT2D eigenvalue weighted by Gasteiger charge is 2.38. The minimum Gasteiger partial charge on any atom is -0.353 e. The van der Waals surface area contributed by atoms with E-state index in [9.17, 15) is 4.79 Å². The molecule has 0 spiro atoms. The van der Waals surface area contributed by atoms with Gasteiger partial charge in [-0.25, -0.2) is 0 Å². The molecule has 1 aliphatic heterocycles. The molecule has 3 atom stereocenters. The molecule has 1 saturated heterocycles. The normalized spacial score (nSPS) is 38.1. The Morgan fingerprint density at radius 1 is 1.44 bits per heavy atom. The molecule has 94 valence electrons. The van der Waals surface area contributed by atoms with Gasteiger partial charge in [0.2, 0.25) is 5.91 Å². The van der Waals surface area contributed by atoms with E-state index in [-0.39, 0.29) is 23.7 Å². The van der Waals surface area contributed by atoms with Crippen molar-refractivity contribution < 1.29 is 4.79 Å². The van der Waals surface area contributed by atoms with E-state index in [0.717, 1.165) is 25.9 Å². The van der Waals surface area contributed by atoms with Crippen molar-refractivity contribution in [3.63, 3.8) is 0 Å². The summed E-state index contributed by atoms with van der Waals surface area (Å²) in [6.07, 6.45) is 4.66. The second-order valence-corrected chi connectivity index (χ2v) is 5.48. The molecule has 0 aromatic rings. The van der Waals surface area contributed by atoms with Crippen molar-refractivity contribution in [2.45, 2.75) is 45.6 Å². The third-order valence-corrected chi connectivity index (χ3v) is 4.09. The van der Waals surface area contributed by atoms with Gasteiger partial charge in [-0.15, -0.1) is 12.4 Å². The zero-order valence-electron chi connectivity index (χ0n) is 10.2. The number of carbonyl (C=O) groups is 1. The lowest BCUT2D eigenvalue weighted by Gasteiger charge is -2.26. The maximum absolute atomic E-state index is 12.1. The Morgan fingerprint density at radius 3 is 2.69 bits per heavy atom. The molecule has 0 radical (unpaired) electrons. The first kappa shape index (κ1) is 13.8. The average Bonchev–Trinajstić information content (AvgIpc) is 2.78. The lowest BCUT2D eigenvalue weighted by Crippen LogP contribution is -2.46. The largest absolute Gasteiger partial charge is 0.353 e. The molecule has 4 heteroatoms. The SMILES string of the molecule is CC1CCCC1NC(=O)C1(C)CCNC1.Cl. The smallest absolute Gasteiger partial charge is 0.227 e. The van der Waals surface area contributed by atoms with Gasteiger partial charge in [0.1, 0.15) is 0 Å². The van der Waals surface area contributed by atoms with Crippen LogP contribution in [0.25, 0.3) is 0 Å². The highest BCUT2D eigenvalue weighted by atomic mass is 35.5. The molecule has 0 bridgehead atoms. The van der Waals surface area contributed by atoms with Crippen molar-refractivity contribution >= 4 is 18.3 Å². The Kier molecular flexibility index (Phi) is 4.62. The van der Waals surface area contributed by atoms with Crippen molar-refractivity contribution in [2.24, 2.45) is 11.3 Å². The van der Waals surface area contributed by atoms with Crippen molar-refractivity contribution in [3.05, 3.63) is 0 Å². The summed E-state index contributed by atoms with van der Waals surface area (Å²) in [6, 6.07) is 0.426. The summed E-state index contributed by atoms with van der Waals surface area (Å²) in [7, 11) is 0. The van der Waals surface area contributed by atoms with Crippen LogP contribution in [0.1, 0.15) is 39.5 Å². The zero-order chi connectivity index (χ0) is 10.9. The first-order valence-corrected chi connectivity index (χ1v) is 6.13. The third-order valence-electron chi connectivity index (χ3n) is 4.09. The van der Waals surface area contributed by atoms with Gasteiger partial charge in [-0.2, -0.15) is 0 Å². The summed E-state index contributed by atoms with van der Waals surface area (Å²) >= 11 is 0. The number of rotatable bonds is 2. The van der Waals surface area contributed by atoms with E-state index in [1.54, 1.807) is 0 Å². The van der Waals surface area contributed by atoms with Crippen LogP contribution in [0.15, 0.2) is 0 Å². The van der Waals surface area contributed by atoms with Crippen LogP contribution in [0.5, 0.6) is 0 Å². The lowest BCUT2D eigenvalue weighted by atomic mass is 9.88. The fourth-order valence-electron chi connectivity index (χ4n) is 2.71. The van der Waals surface area contributed by atoms with Gasteiger partial charge < -0.3 is 10.6 Å². The first-order valence-electron chi connectivity index (χ1n) is 6.13. The van der Waals surface area contributed by atoms with E-state index >= 15 is 0 Å². The summed E-state index contributed by atoms with van der Waals surface area (Å²) < 4.78 is 0. The standard InChI is InChI=1S/C12H22N2O.ClH/c1-9-4-3-5-10(9)14-11(15)12(2)6-7-13-8-12;/h9-10,13H,3-8H2,1-2H3,(H,14,15);1H. The molecule has 0 aromatic heterocycles. The van der Waals surface area contributed by atoms with Gasteiger partial charge in [0.15, 0.2) is 0 Å². The van der Waals surface area contributed by atoms with Crippen LogP contribution in [0.2, 0.25) is 0 Å². The van der Waals surface area contributed by atoms with E-state index in [0.29, 0.717) is 12.0 Å². The molecule has 16 heavy (non-hydrogen) atoms. The fourth-order valence-corrected chi connectivity index (χ4v) is 2.71. The average molecular weight is 247 g/mol. The molecule has 2 fully saturated rings. The van der Waals surface area contributed by atoms with Crippen LogP contribution in [-0.2, 0) is 4.79 Å². The van der Waals surface area contributed by atoms with Gasteiger partial charge in [-0.1, -0.05) is 13.3 Å². The van der Waals surface area contributed by atoms with E-state index in [4.69, 9.17) is 0 Å². The number of nitrogens with one attached hydrogen (secondary N) is 2. The van der Waals surface area contributed by atoms with Crippen LogP contribution < -0.4 is 10.6 Å². The Morgan fingerprint density at radius 2 is 2.19 bits per heavy atom. The van der Waals surface area contributed by atoms with Crippen LogP contribution in [0, 0.1) is 11.3 Å². The summed E-state index contributed by atoms with van der Waals surface area (Å²) in [4.78, 5) is 12.1. The zero-order valence-corrected chi connectivity index (χ0v) is 11.0. The third kappa shape index (κ3) is 2.69. The van der Waals surface area contributed by atoms with Gasteiger partial charge in [-0.3, -0.25) is 4.79 Å². The van der Waals surface area contributed by atoms with Crippen molar-refractivity contribution in [3.8, 4) is 0 Å². The van der Waals surface area contributed by atoms with E-state index in [1.165, 1.54) is 12.8 Å². The lowest BCUT2D eigenvalue weighted by molar-refractivity contribution is -0.130. The molecule has 2 aliphatic rings. The van der Waals surface area contributed by atoms with Crippen LogP contribution in [0.3, 0.4) is 0 Å². The number of amides is 1. The molecule has 2 rings (SSSR count). The highest BCUT2D eigenvalue weighted by Crippen LogP contribution is 2.28. The Labute approximate surface area is 104 Å². The molecule has 1 heterocycles. The molecule has 1 saturated carbocycles. The minimum absolute atomic E-state index is 0. The molecular formula is C12H23ClN2O. The molecular weight excluding hydrogens is 224 g/mol. The van der Waals surface area contributed by atoms with Crippen molar-refractivity contribution in [1.29, 1.82) is 0 Å². The molecule has 1 amide bonds.